The van der Waals surface area contributed by atoms with Crippen molar-refractivity contribution in [2.24, 2.45) is 10.8 Å². The fourth-order valence-corrected chi connectivity index (χ4v) is 2.16. The summed E-state index contributed by atoms with van der Waals surface area (Å²) in [7, 11) is 2.02. The van der Waals surface area contributed by atoms with E-state index in [0.717, 1.165) is 18.9 Å². The Balaban J connectivity index is 1.83. The van der Waals surface area contributed by atoms with Gasteiger partial charge in [-0.15, -0.1) is 11.3 Å². The molecule has 0 saturated heterocycles. The van der Waals surface area contributed by atoms with Gasteiger partial charge in [-0.05, 0) is 30.7 Å². The third kappa shape index (κ3) is 3.21. The highest BCUT2D eigenvalue weighted by atomic mass is 32.1. The summed E-state index contributed by atoms with van der Waals surface area (Å²) in [6, 6.07) is 4.74. The molecule has 0 unspecified atom stereocenters. The lowest BCUT2D eigenvalue weighted by atomic mass is 10.3. The lowest BCUT2D eigenvalue weighted by Crippen LogP contribution is -2.43. The Bertz CT molecular complexity index is 343. The van der Waals surface area contributed by atoms with E-state index in [9.17, 15) is 0 Å². The largest absolute Gasteiger partial charge is 0.345 e. The number of hydrogen-bond acceptors (Lipinski definition) is 3. The van der Waals surface area contributed by atoms with Crippen molar-refractivity contribution in [3.8, 4) is 0 Å². The van der Waals surface area contributed by atoms with Crippen LogP contribution in [0.15, 0.2) is 22.5 Å². The quantitative estimate of drug-likeness (QED) is 0.359. The van der Waals surface area contributed by atoms with E-state index in [1.54, 1.807) is 11.3 Å². The van der Waals surface area contributed by atoms with Crippen molar-refractivity contribution >= 4 is 17.3 Å². The van der Waals surface area contributed by atoms with Gasteiger partial charge in [0.25, 0.3) is 0 Å². The number of aliphatic imine (C=N–C) groups is 1. The van der Waals surface area contributed by atoms with Crippen LogP contribution in [0, 0.1) is 0 Å². The molecule has 1 heterocycles. The molecule has 1 aliphatic rings. The Morgan fingerprint density at radius 1 is 1.69 bits per heavy atom. The Morgan fingerprint density at radius 2 is 2.50 bits per heavy atom. The molecule has 0 atom stereocenters. The lowest BCUT2D eigenvalue weighted by Gasteiger charge is -2.20. The average molecular weight is 238 g/mol. The Hall–Kier alpha value is -1.07. The average Bonchev–Trinajstić information content (AvgIpc) is 2.96. The summed E-state index contributed by atoms with van der Waals surface area (Å²) in [6.07, 6.45) is 3.44. The maximum absolute atomic E-state index is 5.48. The second kappa shape index (κ2) is 5.32. The van der Waals surface area contributed by atoms with Gasteiger partial charge in [0.05, 0.1) is 6.04 Å². The van der Waals surface area contributed by atoms with Crippen molar-refractivity contribution in [2.75, 3.05) is 13.6 Å². The van der Waals surface area contributed by atoms with E-state index in [2.05, 4.69) is 32.8 Å². The molecule has 1 aromatic rings. The molecule has 1 fully saturated rings. The second-order valence-corrected chi connectivity index (χ2v) is 5.11. The van der Waals surface area contributed by atoms with Crippen LogP contribution in [0.25, 0.3) is 0 Å². The van der Waals surface area contributed by atoms with E-state index >= 15 is 0 Å². The minimum atomic E-state index is 0.496. The molecule has 1 aromatic heterocycles. The highest BCUT2D eigenvalue weighted by molar-refractivity contribution is 7.09. The molecule has 1 aliphatic carbocycles. The first-order valence-electron chi connectivity index (χ1n) is 5.57. The predicted octanol–water partition coefficient (Wildman–Crippen LogP) is 1.20. The maximum Gasteiger partial charge on any atom is 0.208 e. The molecule has 1 saturated carbocycles. The smallest absolute Gasteiger partial charge is 0.208 e. The molecule has 3 N–H and O–H groups in total. The van der Waals surface area contributed by atoms with Crippen LogP contribution in [0.4, 0.5) is 0 Å². The summed E-state index contributed by atoms with van der Waals surface area (Å²) in [6.45, 7) is 0.941. The van der Waals surface area contributed by atoms with E-state index in [1.807, 2.05) is 7.05 Å². The number of likely N-dealkylation sites (N-methyl/N-ethyl adjacent to an activating group) is 1. The van der Waals surface area contributed by atoms with Crippen molar-refractivity contribution < 1.29 is 0 Å². The molecule has 4 nitrogen and oxygen atoms in total. The molecule has 0 aromatic carbocycles. The Morgan fingerprint density at radius 3 is 3.06 bits per heavy atom. The maximum atomic E-state index is 5.48. The van der Waals surface area contributed by atoms with Crippen LogP contribution >= 0.6 is 11.3 Å². The summed E-state index contributed by atoms with van der Waals surface area (Å²) in [5, 5.41) is 2.11. The van der Waals surface area contributed by atoms with Crippen molar-refractivity contribution in [2.45, 2.75) is 25.3 Å². The molecule has 0 bridgehead atoms. The molecule has 0 aliphatic heterocycles. The van der Waals surface area contributed by atoms with Crippen LogP contribution < -0.4 is 11.3 Å². The topological polar surface area (TPSA) is 53.6 Å². The Kier molecular flexibility index (Phi) is 3.79. The number of nitrogens with one attached hydrogen (secondary N) is 1. The molecule has 0 radical (unpaired) electrons. The molecule has 0 spiro atoms. The number of hydrogen-bond donors (Lipinski definition) is 2. The van der Waals surface area contributed by atoms with E-state index < -0.39 is 0 Å². The zero-order valence-electron chi connectivity index (χ0n) is 9.52. The first-order valence-corrected chi connectivity index (χ1v) is 6.45. The van der Waals surface area contributed by atoms with Gasteiger partial charge >= 0.3 is 0 Å². The second-order valence-electron chi connectivity index (χ2n) is 4.08. The van der Waals surface area contributed by atoms with Crippen LogP contribution in [0.5, 0.6) is 0 Å². The van der Waals surface area contributed by atoms with E-state index in [-0.39, 0.29) is 0 Å². The number of rotatable bonds is 4. The molecular formula is C11H18N4S. The van der Waals surface area contributed by atoms with Gasteiger partial charge in [-0.3, -0.25) is 5.43 Å². The van der Waals surface area contributed by atoms with E-state index in [0.29, 0.717) is 6.04 Å². The standard InChI is InChI=1S/C11H18N4S/c1-15(7-6-10-3-2-8-16-10)11(14-12)13-9-4-5-9/h2-3,8-9H,4-7,12H2,1H3,(H,13,14). The van der Waals surface area contributed by atoms with Crippen LogP contribution in [-0.2, 0) is 6.42 Å². The molecular weight excluding hydrogens is 220 g/mol. The minimum Gasteiger partial charge on any atom is -0.345 e. The van der Waals surface area contributed by atoms with Crippen LogP contribution in [0.3, 0.4) is 0 Å². The predicted molar refractivity (Wildman–Crippen MR) is 68.4 cm³/mol. The molecule has 0 amide bonds. The van der Waals surface area contributed by atoms with Crippen molar-refractivity contribution in [3.05, 3.63) is 22.4 Å². The van der Waals surface area contributed by atoms with Gasteiger partial charge in [0.1, 0.15) is 0 Å². The first kappa shape index (κ1) is 11.4. The number of guanidine groups is 1. The van der Waals surface area contributed by atoms with Crippen molar-refractivity contribution in [1.29, 1.82) is 0 Å². The van der Waals surface area contributed by atoms with Gasteiger partial charge < -0.3 is 4.90 Å². The summed E-state index contributed by atoms with van der Waals surface area (Å²) >= 11 is 1.79. The molecule has 2 rings (SSSR count). The van der Waals surface area contributed by atoms with E-state index in [4.69, 9.17) is 5.84 Å². The number of thiophene rings is 1. The highest BCUT2D eigenvalue weighted by Crippen LogP contribution is 2.23. The van der Waals surface area contributed by atoms with Crippen LogP contribution in [-0.4, -0.2) is 30.5 Å². The zero-order chi connectivity index (χ0) is 11.4. The Labute approximate surface area is 100 Å². The van der Waals surface area contributed by atoms with E-state index in [1.165, 1.54) is 17.7 Å². The fourth-order valence-electron chi connectivity index (χ4n) is 1.46. The number of nitrogens with zero attached hydrogens (tertiary/aromatic N) is 2. The van der Waals surface area contributed by atoms with Gasteiger partial charge in [0, 0.05) is 18.5 Å². The SMILES string of the molecule is CN(CCc1cccs1)C(=NC1CC1)NN. The van der Waals surface area contributed by atoms with Gasteiger partial charge in [0.2, 0.25) is 5.96 Å². The number of nitrogens with two attached hydrogens (primary N) is 1. The van der Waals surface area contributed by atoms with Crippen molar-refractivity contribution in [3.63, 3.8) is 0 Å². The summed E-state index contributed by atoms with van der Waals surface area (Å²) in [4.78, 5) is 8.00. The van der Waals surface area contributed by atoms with Crippen LogP contribution in [0.1, 0.15) is 17.7 Å². The molecule has 16 heavy (non-hydrogen) atoms. The summed E-state index contributed by atoms with van der Waals surface area (Å²) in [5.74, 6) is 6.28. The third-order valence-electron chi connectivity index (χ3n) is 2.62. The van der Waals surface area contributed by atoms with Gasteiger partial charge in [-0.1, -0.05) is 6.07 Å². The molecule has 88 valence electrons. The fraction of sp³-hybridized carbons (Fsp3) is 0.545. The highest BCUT2D eigenvalue weighted by Gasteiger charge is 2.21. The normalized spacial score (nSPS) is 16.2. The monoisotopic (exact) mass is 238 g/mol. The molecule has 5 heteroatoms. The van der Waals surface area contributed by atoms with Gasteiger partial charge in [-0.25, -0.2) is 10.8 Å². The minimum absolute atomic E-state index is 0.496. The lowest BCUT2D eigenvalue weighted by molar-refractivity contribution is 0.486. The van der Waals surface area contributed by atoms with Crippen LogP contribution in [0.2, 0.25) is 0 Å². The summed E-state index contributed by atoms with van der Waals surface area (Å²) in [5.41, 5.74) is 2.68. The third-order valence-corrected chi connectivity index (χ3v) is 3.55. The van der Waals surface area contributed by atoms with Gasteiger partial charge in [0.15, 0.2) is 0 Å². The first-order chi connectivity index (χ1) is 7.79. The van der Waals surface area contributed by atoms with Crippen molar-refractivity contribution in [1.82, 2.24) is 10.3 Å². The van der Waals surface area contributed by atoms with Gasteiger partial charge in [-0.2, -0.15) is 0 Å². The summed E-state index contributed by atoms with van der Waals surface area (Å²) < 4.78 is 0. The zero-order valence-corrected chi connectivity index (χ0v) is 10.3. The number of hydrazine groups is 1.